The molecule has 0 spiro atoms. The number of amides is 1. The fourth-order valence-electron chi connectivity index (χ4n) is 1.48. The number of anilines is 1. The fraction of sp³-hybridized carbons (Fsp3) is 0.167. The van der Waals surface area contributed by atoms with E-state index >= 15 is 0 Å². The van der Waals surface area contributed by atoms with Crippen LogP contribution in [-0.2, 0) is 6.54 Å². The van der Waals surface area contributed by atoms with Crippen molar-refractivity contribution in [1.82, 2.24) is 10.5 Å². The predicted molar refractivity (Wildman–Crippen MR) is 64.9 cm³/mol. The van der Waals surface area contributed by atoms with Gasteiger partial charge in [0, 0.05) is 23.9 Å². The summed E-state index contributed by atoms with van der Waals surface area (Å²) in [5, 5.41) is 15.8. The number of phenolic OH excluding ortho intramolecular Hbond substituents is 1. The fourth-order valence-corrected chi connectivity index (χ4v) is 1.48. The largest absolute Gasteiger partial charge is 0.508 e. The average molecular weight is 247 g/mol. The third-order valence-corrected chi connectivity index (χ3v) is 2.39. The maximum absolute atomic E-state index is 11.7. The number of nitrogens with two attached hydrogens (primary N) is 1. The molecule has 1 aromatic carbocycles. The van der Waals surface area contributed by atoms with Gasteiger partial charge in [-0.3, -0.25) is 4.79 Å². The van der Waals surface area contributed by atoms with Crippen molar-refractivity contribution in [2.24, 2.45) is 0 Å². The van der Waals surface area contributed by atoms with E-state index in [2.05, 4.69) is 10.5 Å². The van der Waals surface area contributed by atoms with Gasteiger partial charge in [0.15, 0.2) is 0 Å². The van der Waals surface area contributed by atoms with E-state index in [1.807, 2.05) is 0 Å². The molecule has 0 aliphatic rings. The highest BCUT2D eigenvalue weighted by atomic mass is 16.5. The predicted octanol–water partition coefficient (Wildman–Crippen LogP) is 1.20. The van der Waals surface area contributed by atoms with Gasteiger partial charge >= 0.3 is 0 Å². The zero-order valence-electron chi connectivity index (χ0n) is 9.80. The Kier molecular flexibility index (Phi) is 3.18. The summed E-state index contributed by atoms with van der Waals surface area (Å²) in [6, 6.07) is 6.20. The SMILES string of the molecule is Cc1cc(C(=O)NCc2cc(N)ccc2O)on1. The van der Waals surface area contributed by atoms with E-state index in [-0.39, 0.29) is 18.1 Å². The smallest absolute Gasteiger partial charge is 0.290 e. The van der Waals surface area contributed by atoms with Gasteiger partial charge in [0.2, 0.25) is 5.76 Å². The van der Waals surface area contributed by atoms with Gasteiger partial charge in [-0.15, -0.1) is 0 Å². The molecule has 6 nitrogen and oxygen atoms in total. The van der Waals surface area contributed by atoms with Gasteiger partial charge in [0.05, 0.1) is 5.69 Å². The molecule has 94 valence electrons. The minimum Gasteiger partial charge on any atom is -0.508 e. The highest BCUT2D eigenvalue weighted by Gasteiger charge is 2.11. The number of benzene rings is 1. The van der Waals surface area contributed by atoms with E-state index in [1.165, 1.54) is 12.1 Å². The van der Waals surface area contributed by atoms with E-state index < -0.39 is 5.91 Å². The summed E-state index contributed by atoms with van der Waals surface area (Å²) in [6.07, 6.45) is 0. The van der Waals surface area contributed by atoms with Crippen LogP contribution in [0.15, 0.2) is 28.8 Å². The van der Waals surface area contributed by atoms with Gasteiger partial charge in [-0.25, -0.2) is 0 Å². The quantitative estimate of drug-likeness (QED) is 0.558. The Bertz CT molecular complexity index is 578. The molecule has 0 atom stereocenters. The Balaban J connectivity index is 2.03. The van der Waals surface area contributed by atoms with Crippen molar-refractivity contribution in [3.63, 3.8) is 0 Å². The van der Waals surface area contributed by atoms with Gasteiger partial charge in [-0.2, -0.15) is 0 Å². The van der Waals surface area contributed by atoms with Crippen LogP contribution in [0.3, 0.4) is 0 Å². The van der Waals surface area contributed by atoms with Crippen molar-refractivity contribution in [1.29, 1.82) is 0 Å². The lowest BCUT2D eigenvalue weighted by atomic mass is 10.2. The summed E-state index contributed by atoms with van der Waals surface area (Å²) >= 11 is 0. The van der Waals surface area contributed by atoms with E-state index in [9.17, 15) is 9.90 Å². The van der Waals surface area contributed by atoms with Crippen molar-refractivity contribution in [2.75, 3.05) is 5.73 Å². The zero-order chi connectivity index (χ0) is 13.1. The number of aromatic hydroxyl groups is 1. The summed E-state index contributed by atoms with van der Waals surface area (Å²) in [6.45, 7) is 1.89. The normalized spacial score (nSPS) is 10.3. The molecular formula is C12H13N3O3. The van der Waals surface area contributed by atoms with Gasteiger partial charge in [-0.05, 0) is 25.1 Å². The number of nitrogens with one attached hydrogen (secondary N) is 1. The molecule has 0 bridgehead atoms. The topological polar surface area (TPSA) is 101 Å². The van der Waals surface area contributed by atoms with Crippen molar-refractivity contribution in [3.8, 4) is 5.75 Å². The molecule has 1 heterocycles. The summed E-state index contributed by atoms with van der Waals surface area (Å²) < 4.78 is 4.82. The number of hydrogen-bond acceptors (Lipinski definition) is 5. The number of nitrogens with zero attached hydrogens (tertiary/aromatic N) is 1. The van der Waals surface area contributed by atoms with Crippen LogP contribution < -0.4 is 11.1 Å². The van der Waals surface area contributed by atoms with E-state index in [0.29, 0.717) is 16.9 Å². The Labute approximate surface area is 103 Å². The van der Waals surface area contributed by atoms with Crippen LogP contribution in [0.2, 0.25) is 0 Å². The maximum Gasteiger partial charge on any atom is 0.290 e. The molecule has 0 radical (unpaired) electrons. The number of rotatable bonds is 3. The van der Waals surface area contributed by atoms with E-state index in [1.54, 1.807) is 19.1 Å². The molecule has 2 rings (SSSR count). The molecule has 0 fully saturated rings. The Morgan fingerprint density at radius 2 is 2.28 bits per heavy atom. The molecule has 18 heavy (non-hydrogen) atoms. The second kappa shape index (κ2) is 4.79. The second-order valence-corrected chi connectivity index (χ2v) is 3.90. The maximum atomic E-state index is 11.7. The van der Waals surface area contributed by atoms with Crippen molar-refractivity contribution < 1.29 is 14.4 Å². The molecule has 0 saturated carbocycles. The molecule has 0 aliphatic carbocycles. The van der Waals surface area contributed by atoms with Crippen LogP contribution >= 0.6 is 0 Å². The van der Waals surface area contributed by atoms with Crippen LogP contribution in [0.5, 0.6) is 5.75 Å². The van der Waals surface area contributed by atoms with E-state index in [4.69, 9.17) is 10.3 Å². The van der Waals surface area contributed by atoms with Crippen molar-refractivity contribution >= 4 is 11.6 Å². The van der Waals surface area contributed by atoms with Crippen LogP contribution in [0.25, 0.3) is 0 Å². The summed E-state index contributed by atoms with van der Waals surface area (Å²) in [4.78, 5) is 11.7. The first-order chi connectivity index (χ1) is 8.56. The number of carbonyl (C=O) groups excluding carboxylic acids is 1. The standard InChI is InChI=1S/C12H13N3O3/c1-7-4-11(18-15-7)12(17)14-6-8-5-9(13)2-3-10(8)16/h2-5,16H,6,13H2,1H3,(H,14,17). The number of phenols is 1. The first kappa shape index (κ1) is 12.0. The highest BCUT2D eigenvalue weighted by molar-refractivity contribution is 5.91. The minimum absolute atomic E-state index is 0.0817. The summed E-state index contributed by atoms with van der Waals surface area (Å²) in [5.41, 5.74) is 7.29. The first-order valence-corrected chi connectivity index (χ1v) is 5.35. The molecule has 0 aliphatic heterocycles. The lowest BCUT2D eigenvalue weighted by Gasteiger charge is -2.06. The Morgan fingerprint density at radius 1 is 1.50 bits per heavy atom. The monoisotopic (exact) mass is 247 g/mol. The van der Waals surface area contributed by atoms with Crippen LogP contribution in [0, 0.1) is 6.92 Å². The van der Waals surface area contributed by atoms with Crippen LogP contribution in [-0.4, -0.2) is 16.2 Å². The zero-order valence-corrected chi connectivity index (χ0v) is 9.80. The molecule has 4 N–H and O–H groups in total. The average Bonchev–Trinajstić information content (AvgIpc) is 2.77. The molecule has 1 amide bonds. The van der Waals surface area contributed by atoms with Crippen molar-refractivity contribution in [3.05, 3.63) is 41.3 Å². The molecule has 6 heteroatoms. The Hall–Kier alpha value is -2.50. The van der Waals surface area contributed by atoms with Gasteiger partial charge in [0.25, 0.3) is 5.91 Å². The number of carbonyl (C=O) groups is 1. The molecule has 0 saturated heterocycles. The summed E-state index contributed by atoms with van der Waals surface area (Å²) in [7, 11) is 0. The van der Waals surface area contributed by atoms with Crippen molar-refractivity contribution in [2.45, 2.75) is 13.5 Å². The van der Waals surface area contributed by atoms with Gasteiger partial charge in [-0.1, -0.05) is 5.16 Å². The lowest BCUT2D eigenvalue weighted by Crippen LogP contribution is -2.22. The molecular weight excluding hydrogens is 234 g/mol. The highest BCUT2D eigenvalue weighted by Crippen LogP contribution is 2.19. The third kappa shape index (κ3) is 2.60. The van der Waals surface area contributed by atoms with Crippen LogP contribution in [0.1, 0.15) is 21.8 Å². The van der Waals surface area contributed by atoms with E-state index in [0.717, 1.165) is 0 Å². The molecule has 1 aromatic heterocycles. The first-order valence-electron chi connectivity index (χ1n) is 5.35. The summed E-state index contributed by atoms with van der Waals surface area (Å²) in [5.74, 6) is -0.174. The molecule has 2 aromatic rings. The number of nitrogen functional groups attached to an aromatic ring is 1. The number of aryl methyl sites for hydroxylation is 1. The van der Waals surface area contributed by atoms with Gasteiger partial charge in [0.1, 0.15) is 5.75 Å². The van der Waals surface area contributed by atoms with Gasteiger partial charge < -0.3 is 20.7 Å². The lowest BCUT2D eigenvalue weighted by molar-refractivity contribution is 0.0913. The minimum atomic E-state index is -0.391. The van der Waals surface area contributed by atoms with Crippen LogP contribution in [0.4, 0.5) is 5.69 Å². The number of aromatic nitrogens is 1. The third-order valence-electron chi connectivity index (χ3n) is 2.39. The Morgan fingerprint density at radius 3 is 2.94 bits per heavy atom. The molecule has 0 unspecified atom stereocenters. The number of hydrogen-bond donors (Lipinski definition) is 3. The second-order valence-electron chi connectivity index (χ2n) is 3.90.